The van der Waals surface area contributed by atoms with E-state index < -0.39 is 5.91 Å². The highest BCUT2D eigenvalue weighted by atomic mass is 35.5. The highest BCUT2D eigenvalue weighted by Crippen LogP contribution is 2.16. The van der Waals surface area contributed by atoms with Crippen LogP contribution in [0.4, 0.5) is 0 Å². The van der Waals surface area contributed by atoms with E-state index in [0.29, 0.717) is 12.1 Å². The molecule has 3 nitrogen and oxygen atoms in total. The number of rotatable bonds is 5. The number of amides is 1. The fourth-order valence-electron chi connectivity index (χ4n) is 1.97. The van der Waals surface area contributed by atoms with Crippen LogP contribution in [0.1, 0.15) is 34.5 Å². The van der Waals surface area contributed by atoms with Crippen molar-refractivity contribution < 1.29 is 4.79 Å². The Morgan fingerprint density at radius 3 is 2.60 bits per heavy atom. The average Bonchev–Trinajstić information content (AvgIpc) is 2.46. The number of hydrogen-bond donors (Lipinski definition) is 2. The first-order valence-electron chi connectivity index (χ1n) is 6.44. The molecule has 2 rings (SSSR count). The normalized spacial score (nSPS) is 12.1. The predicted molar refractivity (Wildman–Crippen MR) is 81.7 cm³/mol. The molecule has 0 saturated heterocycles. The number of primary amides is 1. The molecule has 0 bridgehead atoms. The third-order valence-electron chi connectivity index (χ3n) is 3.19. The Morgan fingerprint density at radius 2 is 1.95 bits per heavy atom. The second-order valence-corrected chi connectivity index (χ2v) is 5.16. The second-order valence-electron chi connectivity index (χ2n) is 4.72. The Morgan fingerprint density at radius 1 is 1.25 bits per heavy atom. The van der Waals surface area contributed by atoms with Gasteiger partial charge in [0, 0.05) is 23.2 Å². The van der Waals surface area contributed by atoms with Crippen molar-refractivity contribution in [1.82, 2.24) is 5.32 Å². The van der Waals surface area contributed by atoms with E-state index in [1.165, 1.54) is 5.56 Å². The lowest BCUT2D eigenvalue weighted by molar-refractivity contribution is 0.1000. The van der Waals surface area contributed by atoms with Crippen molar-refractivity contribution >= 4 is 17.5 Å². The molecule has 4 heteroatoms. The Labute approximate surface area is 123 Å². The molecule has 0 aliphatic carbocycles. The summed E-state index contributed by atoms with van der Waals surface area (Å²) >= 11 is 5.87. The lowest BCUT2D eigenvalue weighted by atomic mass is 10.1. The maximum absolute atomic E-state index is 11.1. The van der Waals surface area contributed by atoms with Gasteiger partial charge in [0.1, 0.15) is 0 Å². The second kappa shape index (κ2) is 6.55. The largest absolute Gasteiger partial charge is 0.366 e. The molecule has 2 aromatic carbocycles. The van der Waals surface area contributed by atoms with Gasteiger partial charge < -0.3 is 11.1 Å². The molecular weight excluding hydrogens is 272 g/mol. The molecule has 1 atom stereocenters. The zero-order valence-corrected chi connectivity index (χ0v) is 12.0. The number of nitrogens with one attached hydrogen (secondary N) is 1. The summed E-state index contributed by atoms with van der Waals surface area (Å²) in [5, 5.41) is 4.14. The lowest BCUT2D eigenvalue weighted by Crippen LogP contribution is -2.18. The quantitative estimate of drug-likeness (QED) is 0.887. The smallest absolute Gasteiger partial charge is 0.248 e. The standard InChI is InChI=1S/C16H17ClN2O/c1-11(13-5-7-15(17)8-6-13)19-10-12-3-2-4-14(9-12)16(18)20/h2-9,11,19H,10H2,1H3,(H2,18,20). The van der Waals surface area contributed by atoms with Crippen LogP contribution >= 0.6 is 11.6 Å². The van der Waals surface area contributed by atoms with Gasteiger partial charge in [0.25, 0.3) is 0 Å². The van der Waals surface area contributed by atoms with Gasteiger partial charge in [0.05, 0.1) is 0 Å². The molecule has 0 aromatic heterocycles. The van der Waals surface area contributed by atoms with Gasteiger partial charge in [-0.2, -0.15) is 0 Å². The Balaban J connectivity index is 1.99. The minimum Gasteiger partial charge on any atom is -0.366 e. The van der Waals surface area contributed by atoms with Gasteiger partial charge >= 0.3 is 0 Å². The first-order chi connectivity index (χ1) is 9.56. The molecule has 0 radical (unpaired) electrons. The van der Waals surface area contributed by atoms with E-state index in [-0.39, 0.29) is 6.04 Å². The van der Waals surface area contributed by atoms with Crippen LogP contribution in [-0.2, 0) is 6.54 Å². The van der Waals surface area contributed by atoms with Crippen molar-refractivity contribution in [2.75, 3.05) is 0 Å². The molecule has 0 saturated carbocycles. The van der Waals surface area contributed by atoms with Gasteiger partial charge in [-0.1, -0.05) is 35.9 Å². The maximum Gasteiger partial charge on any atom is 0.248 e. The predicted octanol–water partition coefficient (Wildman–Crippen LogP) is 3.29. The molecule has 0 fully saturated rings. The van der Waals surface area contributed by atoms with Crippen LogP contribution in [0.3, 0.4) is 0 Å². The Hall–Kier alpha value is -1.84. The number of carbonyl (C=O) groups excluding carboxylic acids is 1. The third kappa shape index (κ3) is 3.83. The number of nitrogens with two attached hydrogens (primary N) is 1. The molecule has 3 N–H and O–H groups in total. The monoisotopic (exact) mass is 288 g/mol. The summed E-state index contributed by atoms with van der Waals surface area (Å²) < 4.78 is 0. The van der Waals surface area contributed by atoms with E-state index >= 15 is 0 Å². The van der Waals surface area contributed by atoms with Gasteiger partial charge in [-0.15, -0.1) is 0 Å². The van der Waals surface area contributed by atoms with Gasteiger partial charge in [0.15, 0.2) is 0 Å². The molecule has 104 valence electrons. The van der Waals surface area contributed by atoms with Gasteiger partial charge in [0.2, 0.25) is 5.91 Å². The van der Waals surface area contributed by atoms with Crippen LogP contribution in [0.25, 0.3) is 0 Å². The summed E-state index contributed by atoms with van der Waals surface area (Å²) in [6.07, 6.45) is 0. The minimum atomic E-state index is -0.405. The molecule has 20 heavy (non-hydrogen) atoms. The highest BCUT2D eigenvalue weighted by Gasteiger charge is 2.06. The van der Waals surface area contributed by atoms with Crippen LogP contribution < -0.4 is 11.1 Å². The van der Waals surface area contributed by atoms with Crippen LogP contribution in [0.15, 0.2) is 48.5 Å². The highest BCUT2D eigenvalue weighted by molar-refractivity contribution is 6.30. The van der Waals surface area contributed by atoms with Gasteiger partial charge in [-0.05, 0) is 42.3 Å². The summed E-state index contributed by atoms with van der Waals surface area (Å²) in [4.78, 5) is 11.1. The molecular formula is C16H17ClN2O. The van der Waals surface area contributed by atoms with Gasteiger partial charge in [-0.25, -0.2) is 0 Å². The fourth-order valence-corrected chi connectivity index (χ4v) is 2.10. The molecule has 0 aliphatic rings. The number of carbonyl (C=O) groups is 1. The first-order valence-corrected chi connectivity index (χ1v) is 6.81. The van der Waals surface area contributed by atoms with E-state index in [1.54, 1.807) is 6.07 Å². The van der Waals surface area contributed by atoms with E-state index in [1.807, 2.05) is 42.5 Å². The molecule has 0 aliphatic heterocycles. The summed E-state index contributed by atoms with van der Waals surface area (Å²) in [6, 6.07) is 15.3. The van der Waals surface area contributed by atoms with Crippen molar-refractivity contribution in [3.63, 3.8) is 0 Å². The van der Waals surface area contributed by atoms with Crippen molar-refractivity contribution in [2.45, 2.75) is 19.5 Å². The third-order valence-corrected chi connectivity index (χ3v) is 3.45. The minimum absolute atomic E-state index is 0.199. The summed E-state index contributed by atoms with van der Waals surface area (Å²) in [5.41, 5.74) is 8.00. The van der Waals surface area contributed by atoms with Crippen molar-refractivity contribution in [1.29, 1.82) is 0 Å². The molecule has 1 amide bonds. The van der Waals surface area contributed by atoms with Crippen LogP contribution in [-0.4, -0.2) is 5.91 Å². The average molecular weight is 289 g/mol. The van der Waals surface area contributed by atoms with E-state index in [2.05, 4.69) is 12.2 Å². The zero-order chi connectivity index (χ0) is 14.5. The molecule has 0 spiro atoms. The zero-order valence-electron chi connectivity index (χ0n) is 11.3. The van der Waals surface area contributed by atoms with E-state index in [9.17, 15) is 4.79 Å². The summed E-state index contributed by atoms with van der Waals surface area (Å²) in [6.45, 7) is 2.76. The molecule has 2 aromatic rings. The van der Waals surface area contributed by atoms with Crippen LogP contribution in [0.5, 0.6) is 0 Å². The SMILES string of the molecule is CC(NCc1cccc(C(N)=O)c1)c1ccc(Cl)cc1. The first kappa shape index (κ1) is 14.6. The Kier molecular flexibility index (Phi) is 4.77. The maximum atomic E-state index is 11.1. The van der Waals surface area contributed by atoms with Crippen molar-refractivity contribution in [2.24, 2.45) is 5.73 Å². The van der Waals surface area contributed by atoms with Crippen LogP contribution in [0, 0.1) is 0 Å². The van der Waals surface area contributed by atoms with Gasteiger partial charge in [-0.3, -0.25) is 4.79 Å². The van der Waals surface area contributed by atoms with E-state index in [4.69, 9.17) is 17.3 Å². The number of hydrogen-bond acceptors (Lipinski definition) is 2. The van der Waals surface area contributed by atoms with E-state index in [0.717, 1.165) is 10.6 Å². The fraction of sp³-hybridized carbons (Fsp3) is 0.188. The van der Waals surface area contributed by atoms with Crippen molar-refractivity contribution in [3.05, 3.63) is 70.2 Å². The number of halogens is 1. The summed E-state index contributed by atoms with van der Waals surface area (Å²) in [7, 11) is 0. The topological polar surface area (TPSA) is 55.1 Å². The number of benzene rings is 2. The lowest BCUT2D eigenvalue weighted by Gasteiger charge is -2.14. The molecule has 1 unspecified atom stereocenters. The Bertz CT molecular complexity index is 596. The summed E-state index contributed by atoms with van der Waals surface area (Å²) in [5.74, 6) is -0.405. The molecule has 0 heterocycles. The van der Waals surface area contributed by atoms with Crippen LogP contribution in [0.2, 0.25) is 5.02 Å². The van der Waals surface area contributed by atoms with Crippen molar-refractivity contribution in [3.8, 4) is 0 Å².